The van der Waals surface area contributed by atoms with Crippen molar-refractivity contribution < 1.29 is 27.4 Å². The molecule has 0 fully saturated rings. The molecule has 0 radical (unpaired) electrons. The molecule has 2 atom stereocenters. The highest BCUT2D eigenvalue weighted by molar-refractivity contribution is 7.91. The molecule has 0 spiro atoms. The van der Waals surface area contributed by atoms with Crippen LogP contribution in [-0.2, 0) is 15.6 Å². The van der Waals surface area contributed by atoms with Gasteiger partial charge in [0, 0.05) is 6.20 Å². The number of furan rings is 1. The Morgan fingerprint density at radius 1 is 1.03 bits per heavy atom. The minimum Gasteiger partial charge on any atom is -0.494 e. The molecule has 198 valence electrons. The summed E-state index contributed by atoms with van der Waals surface area (Å²) < 4.78 is 47.5. The quantitative estimate of drug-likeness (QED) is 0.300. The average Bonchev–Trinajstić information content (AvgIpc) is 3.65. The topological polar surface area (TPSA) is 134 Å². The number of para-hydroxylation sites is 1. The molecule has 5 rings (SSSR count). The standard InChI is InChI=1S/C26H27N5O6S/c1-16-11-12-21(37-16)26-29-28-22(31(26)24-19(35-3)9-7-10-20(24)36-4)14-38(33,34)17(2)25(32)23-18-8-5-6-13-30(18)15-27-23/h5-13,15,17,25,32H,14H2,1-4H3/t17-,25-/m0/s1. The van der Waals surface area contributed by atoms with E-state index in [0.29, 0.717) is 34.2 Å². The number of imidazole rings is 1. The van der Waals surface area contributed by atoms with Crippen molar-refractivity contribution in [3.05, 3.63) is 78.3 Å². The molecular weight excluding hydrogens is 510 g/mol. The van der Waals surface area contributed by atoms with Gasteiger partial charge in [-0.3, -0.25) is 4.57 Å². The van der Waals surface area contributed by atoms with Crippen molar-refractivity contribution >= 4 is 15.4 Å². The van der Waals surface area contributed by atoms with Gasteiger partial charge < -0.3 is 23.4 Å². The molecule has 0 bridgehead atoms. The summed E-state index contributed by atoms with van der Waals surface area (Å²) in [5.74, 6) is 1.74. The van der Waals surface area contributed by atoms with Gasteiger partial charge in [0.25, 0.3) is 0 Å². The van der Waals surface area contributed by atoms with E-state index in [1.165, 1.54) is 27.5 Å². The van der Waals surface area contributed by atoms with Gasteiger partial charge in [0.05, 0.1) is 37.0 Å². The Kier molecular flexibility index (Phi) is 6.67. The van der Waals surface area contributed by atoms with Crippen LogP contribution in [0.4, 0.5) is 0 Å². The van der Waals surface area contributed by atoms with E-state index in [1.54, 1.807) is 64.6 Å². The van der Waals surface area contributed by atoms with Crippen molar-refractivity contribution in [3.8, 4) is 28.8 Å². The van der Waals surface area contributed by atoms with Gasteiger partial charge in [-0.25, -0.2) is 13.4 Å². The fourth-order valence-corrected chi connectivity index (χ4v) is 5.66. The first-order chi connectivity index (χ1) is 18.2. The summed E-state index contributed by atoms with van der Waals surface area (Å²) >= 11 is 0. The molecule has 0 unspecified atom stereocenters. The van der Waals surface area contributed by atoms with Crippen LogP contribution in [0.25, 0.3) is 22.8 Å². The number of hydrogen-bond acceptors (Lipinski definition) is 9. The summed E-state index contributed by atoms with van der Waals surface area (Å²) in [5.41, 5.74) is 1.32. The van der Waals surface area contributed by atoms with E-state index in [9.17, 15) is 13.5 Å². The fourth-order valence-electron chi connectivity index (χ4n) is 4.33. The van der Waals surface area contributed by atoms with Crippen LogP contribution in [0.15, 0.2) is 65.5 Å². The zero-order valence-electron chi connectivity index (χ0n) is 21.3. The lowest BCUT2D eigenvalue weighted by molar-refractivity contribution is 0.173. The molecule has 0 aliphatic carbocycles. The van der Waals surface area contributed by atoms with Gasteiger partial charge in [0.1, 0.15) is 34.8 Å². The normalized spacial score (nSPS) is 13.5. The maximum atomic E-state index is 13.7. The van der Waals surface area contributed by atoms with Gasteiger partial charge in [0.15, 0.2) is 21.4 Å². The molecule has 0 aliphatic rings. The average molecular weight is 538 g/mol. The first-order valence-corrected chi connectivity index (χ1v) is 13.5. The molecule has 1 N–H and O–H groups in total. The number of pyridine rings is 1. The predicted octanol–water partition coefficient (Wildman–Crippen LogP) is 3.54. The Balaban J connectivity index is 1.59. The van der Waals surface area contributed by atoms with Crippen molar-refractivity contribution in [1.82, 2.24) is 24.1 Å². The van der Waals surface area contributed by atoms with E-state index in [0.717, 1.165) is 0 Å². The highest BCUT2D eigenvalue weighted by Crippen LogP contribution is 2.37. The van der Waals surface area contributed by atoms with Gasteiger partial charge in [-0.1, -0.05) is 12.1 Å². The largest absolute Gasteiger partial charge is 0.494 e. The summed E-state index contributed by atoms with van der Waals surface area (Å²) in [6.07, 6.45) is 1.95. The Morgan fingerprint density at radius 3 is 2.42 bits per heavy atom. The lowest BCUT2D eigenvalue weighted by atomic mass is 10.2. The zero-order chi connectivity index (χ0) is 27.0. The number of aromatic nitrogens is 5. The second-order valence-electron chi connectivity index (χ2n) is 8.78. The van der Waals surface area contributed by atoms with Crippen LogP contribution in [0, 0.1) is 6.92 Å². The molecule has 0 aliphatic heterocycles. The van der Waals surface area contributed by atoms with E-state index >= 15 is 0 Å². The summed E-state index contributed by atoms with van der Waals surface area (Å²) in [6.45, 7) is 3.25. The third-order valence-corrected chi connectivity index (χ3v) is 8.46. The van der Waals surface area contributed by atoms with Crippen LogP contribution in [0.1, 0.15) is 30.3 Å². The number of ether oxygens (including phenoxy) is 2. The molecule has 4 aromatic heterocycles. The lowest BCUT2D eigenvalue weighted by Crippen LogP contribution is -2.28. The summed E-state index contributed by atoms with van der Waals surface area (Å²) in [4.78, 5) is 4.26. The van der Waals surface area contributed by atoms with Crippen LogP contribution >= 0.6 is 0 Å². The number of aryl methyl sites for hydroxylation is 1. The number of rotatable bonds is 9. The van der Waals surface area contributed by atoms with Crippen molar-refractivity contribution in [1.29, 1.82) is 0 Å². The maximum absolute atomic E-state index is 13.7. The lowest BCUT2D eigenvalue weighted by Gasteiger charge is -2.20. The molecule has 38 heavy (non-hydrogen) atoms. The summed E-state index contributed by atoms with van der Waals surface area (Å²) in [5, 5.41) is 18.4. The molecule has 4 heterocycles. The SMILES string of the molecule is COc1cccc(OC)c1-n1c(CS(=O)(=O)[C@@H](C)[C@H](O)c2ncn3ccccc23)nnc1-c1ccc(C)o1. The molecule has 0 amide bonds. The molecule has 1 aromatic carbocycles. The van der Waals surface area contributed by atoms with Crippen LogP contribution in [-0.4, -0.2) is 57.1 Å². The number of methoxy groups -OCH3 is 2. The predicted molar refractivity (Wildman–Crippen MR) is 139 cm³/mol. The van der Waals surface area contributed by atoms with Crippen LogP contribution in [0.5, 0.6) is 11.5 Å². The number of fused-ring (bicyclic) bond motifs is 1. The highest BCUT2D eigenvalue weighted by Gasteiger charge is 2.34. The number of benzene rings is 1. The van der Waals surface area contributed by atoms with Gasteiger partial charge >= 0.3 is 0 Å². The third kappa shape index (κ3) is 4.41. The second-order valence-corrected chi connectivity index (χ2v) is 11.1. The van der Waals surface area contributed by atoms with Gasteiger partial charge in [-0.05, 0) is 50.2 Å². The van der Waals surface area contributed by atoms with Crippen molar-refractivity contribution in [2.75, 3.05) is 14.2 Å². The van der Waals surface area contributed by atoms with Crippen molar-refractivity contribution in [2.24, 2.45) is 0 Å². The Morgan fingerprint density at radius 2 is 1.76 bits per heavy atom. The van der Waals surface area contributed by atoms with E-state index in [4.69, 9.17) is 13.9 Å². The van der Waals surface area contributed by atoms with E-state index in [1.807, 2.05) is 6.07 Å². The number of sulfone groups is 1. The van der Waals surface area contributed by atoms with Crippen LogP contribution < -0.4 is 9.47 Å². The monoisotopic (exact) mass is 537 g/mol. The molecular formula is C26H27N5O6S. The number of hydrogen-bond donors (Lipinski definition) is 1. The highest BCUT2D eigenvalue weighted by atomic mass is 32.2. The summed E-state index contributed by atoms with van der Waals surface area (Å²) in [6, 6.07) is 14.1. The Bertz CT molecular complexity index is 1680. The molecule has 0 saturated heterocycles. The van der Waals surface area contributed by atoms with Gasteiger partial charge in [-0.15, -0.1) is 10.2 Å². The molecule has 0 saturated carbocycles. The Labute approximate surface area is 219 Å². The third-order valence-electron chi connectivity index (χ3n) is 6.41. The zero-order valence-corrected chi connectivity index (χ0v) is 22.1. The maximum Gasteiger partial charge on any atom is 0.204 e. The first kappa shape index (κ1) is 25.5. The molecule has 12 heteroatoms. The van der Waals surface area contributed by atoms with Crippen LogP contribution in [0.2, 0.25) is 0 Å². The number of nitrogens with zero attached hydrogens (tertiary/aromatic N) is 5. The van der Waals surface area contributed by atoms with Gasteiger partial charge in [0.2, 0.25) is 5.82 Å². The van der Waals surface area contributed by atoms with E-state index in [2.05, 4.69) is 15.2 Å². The smallest absolute Gasteiger partial charge is 0.204 e. The minimum absolute atomic E-state index is 0.102. The van der Waals surface area contributed by atoms with Crippen LogP contribution in [0.3, 0.4) is 0 Å². The van der Waals surface area contributed by atoms with Gasteiger partial charge in [-0.2, -0.15) is 0 Å². The molecule has 5 aromatic rings. The first-order valence-electron chi connectivity index (χ1n) is 11.8. The second kappa shape index (κ2) is 9.95. The fraction of sp³-hybridized carbons (Fsp3) is 0.269. The van der Waals surface area contributed by atoms with E-state index < -0.39 is 26.9 Å². The number of aliphatic hydroxyl groups is 1. The van der Waals surface area contributed by atoms with E-state index in [-0.39, 0.29) is 17.3 Å². The van der Waals surface area contributed by atoms with Crippen molar-refractivity contribution in [3.63, 3.8) is 0 Å². The summed E-state index contributed by atoms with van der Waals surface area (Å²) in [7, 11) is -0.969. The molecule has 11 nitrogen and oxygen atoms in total. The minimum atomic E-state index is -3.98. The van der Waals surface area contributed by atoms with Crippen molar-refractivity contribution in [2.45, 2.75) is 31.0 Å². The Hall–Kier alpha value is -4.16. The number of aliphatic hydroxyl groups excluding tert-OH is 1.